The van der Waals surface area contributed by atoms with Crippen LogP contribution in [0.1, 0.15) is 5.56 Å². The minimum Gasteiger partial charge on any atom is -0.370 e. The highest BCUT2D eigenvalue weighted by Gasteiger charge is 2.35. The molecule has 1 aromatic rings. The maximum Gasteiger partial charge on any atom is 0.418 e. The van der Waals surface area contributed by atoms with Crippen LogP contribution in [0.3, 0.4) is 0 Å². The minimum atomic E-state index is -4.63. The van der Waals surface area contributed by atoms with E-state index in [4.69, 9.17) is 22.1 Å². The molecule has 4 nitrogen and oxygen atoms in total. The monoisotopic (exact) mass is 296 g/mol. The van der Waals surface area contributed by atoms with E-state index in [1.54, 1.807) is 0 Å². The van der Waals surface area contributed by atoms with Crippen molar-refractivity contribution in [1.29, 1.82) is 0 Å². The van der Waals surface area contributed by atoms with Crippen LogP contribution >= 0.6 is 11.6 Å². The molecule has 0 heterocycles. The van der Waals surface area contributed by atoms with Gasteiger partial charge in [0.05, 0.1) is 16.3 Å². The molecule has 0 aliphatic rings. The first-order chi connectivity index (χ1) is 8.81. The number of nitrogens with one attached hydrogen (secondary N) is 1. The Hall–Kier alpha value is -1.31. The summed E-state index contributed by atoms with van der Waals surface area (Å²) in [5.74, 6) is -0.788. The number of hydrogen-bond acceptors (Lipinski definition) is 3. The van der Waals surface area contributed by atoms with E-state index in [0.717, 1.165) is 12.1 Å². The standard InChI is InChI=1S/C11H12ClF3N2O2/c1-19-8(5-16)10(18)17-9-6(11(13,14)15)3-2-4-7(9)12/h2-4,8H,5,16H2,1H3,(H,17,18). The Morgan fingerprint density at radius 1 is 1.53 bits per heavy atom. The largest absolute Gasteiger partial charge is 0.418 e. The number of ether oxygens (including phenoxy) is 1. The first-order valence-corrected chi connectivity index (χ1v) is 5.58. The number of carbonyl (C=O) groups excluding carboxylic acids is 1. The summed E-state index contributed by atoms with van der Waals surface area (Å²) in [6, 6.07) is 3.22. The Balaban J connectivity index is 3.10. The number of rotatable bonds is 4. The molecule has 0 saturated carbocycles. The molecule has 0 radical (unpaired) electrons. The predicted octanol–water partition coefficient (Wildman–Crippen LogP) is 2.27. The third kappa shape index (κ3) is 3.82. The topological polar surface area (TPSA) is 64.3 Å². The second-order valence-corrected chi connectivity index (χ2v) is 4.02. The fourth-order valence-electron chi connectivity index (χ4n) is 1.40. The summed E-state index contributed by atoms with van der Waals surface area (Å²) >= 11 is 5.68. The number of anilines is 1. The van der Waals surface area contributed by atoms with Crippen molar-refractivity contribution in [3.63, 3.8) is 0 Å². The Morgan fingerprint density at radius 2 is 2.16 bits per heavy atom. The molecular weight excluding hydrogens is 285 g/mol. The van der Waals surface area contributed by atoms with Gasteiger partial charge < -0.3 is 15.8 Å². The Bertz CT molecular complexity index is 462. The molecule has 0 aliphatic heterocycles. The first-order valence-electron chi connectivity index (χ1n) is 5.20. The van der Waals surface area contributed by atoms with Crippen LogP contribution < -0.4 is 11.1 Å². The normalized spacial score (nSPS) is 13.2. The van der Waals surface area contributed by atoms with Gasteiger partial charge >= 0.3 is 6.18 Å². The van der Waals surface area contributed by atoms with Gasteiger partial charge in [-0.25, -0.2) is 0 Å². The predicted molar refractivity (Wildman–Crippen MR) is 64.9 cm³/mol. The zero-order valence-electron chi connectivity index (χ0n) is 9.92. The third-order valence-electron chi connectivity index (χ3n) is 2.36. The van der Waals surface area contributed by atoms with Gasteiger partial charge in [-0.05, 0) is 12.1 Å². The highest BCUT2D eigenvalue weighted by Crippen LogP contribution is 2.38. The molecule has 1 unspecified atom stereocenters. The van der Waals surface area contributed by atoms with Crippen LogP contribution in [0, 0.1) is 0 Å². The van der Waals surface area contributed by atoms with E-state index >= 15 is 0 Å². The van der Waals surface area contributed by atoms with Crippen molar-refractivity contribution in [3.8, 4) is 0 Å². The number of nitrogens with two attached hydrogens (primary N) is 1. The van der Waals surface area contributed by atoms with Crippen molar-refractivity contribution in [1.82, 2.24) is 0 Å². The lowest BCUT2D eigenvalue weighted by Crippen LogP contribution is -2.36. The molecule has 8 heteroatoms. The average Bonchev–Trinajstić information content (AvgIpc) is 2.32. The maximum absolute atomic E-state index is 12.8. The van der Waals surface area contributed by atoms with Crippen LogP contribution in [0.5, 0.6) is 0 Å². The summed E-state index contributed by atoms with van der Waals surface area (Å²) in [6.45, 7) is -0.159. The SMILES string of the molecule is COC(CN)C(=O)Nc1c(Cl)cccc1C(F)(F)F. The van der Waals surface area contributed by atoms with Gasteiger partial charge in [-0.3, -0.25) is 4.79 Å². The van der Waals surface area contributed by atoms with Crippen molar-refractivity contribution in [2.24, 2.45) is 5.73 Å². The van der Waals surface area contributed by atoms with Crippen LogP contribution in [0.25, 0.3) is 0 Å². The molecule has 1 rings (SSSR count). The van der Waals surface area contributed by atoms with Crippen molar-refractivity contribution in [2.75, 3.05) is 19.0 Å². The number of amides is 1. The number of methoxy groups -OCH3 is 1. The van der Waals surface area contributed by atoms with Gasteiger partial charge in [0, 0.05) is 13.7 Å². The van der Waals surface area contributed by atoms with Crippen LogP contribution in [-0.2, 0) is 15.7 Å². The highest BCUT2D eigenvalue weighted by molar-refractivity contribution is 6.34. The lowest BCUT2D eigenvalue weighted by atomic mass is 10.1. The van der Waals surface area contributed by atoms with Gasteiger partial charge in [0.15, 0.2) is 0 Å². The Morgan fingerprint density at radius 3 is 2.63 bits per heavy atom. The third-order valence-corrected chi connectivity index (χ3v) is 2.67. The van der Waals surface area contributed by atoms with Crippen LogP contribution in [0.4, 0.5) is 18.9 Å². The smallest absolute Gasteiger partial charge is 0.370 e. The number of alkyl halides is 3. The van der Waals surface area contributed by atoms with E-state index < -0.39 is 29.4 Å². The number of carbonyl (C=O) groups is 1. The Labute approximate surface area is 112 Å². The molecule has 1 amide bonds. The second kappa shape index (κ2) is 6.23. The van der Waals surface area contributed by atoms with Gasteiger partial charge in [-0.15, -0.1) is 0 Å². The molecule has 0 aromatic heterocycles. The van der Waals surface area contributed by atoms with Gasteiger partial charge in [0.25, 0.3) is 5.91 Å². The molecule has 0 aliphatic carbocycles. The summed E-state index contributed by atoms with van der Waals surface area (Å²) in [6.07, 6.45) is -5.67. The number of benzene rings is 1. The van der Waals surface area contributed by atoms with E-state index in [0.29, 0.717) is 0 Å². The summed E-state index contributed by atoms with van der Waals surface area (Å²) in [7, 11) is 1.23. The van der Waals surface area contributed by atoms with Crippen molar-refractivity contribution in [3.05, 3.63) is 28.8 Å². The number of halogens is 4. The fraction of sp³-hybridized carbons (Fsp3) is 0.364. The molecule has 1 atom stereocenters. The molecule has 1 aromatic carbocycles. The zero-order valence-corrected chi connectivity index (χ0v) is 10.7. The lowest BCUT2D eigenvalue weighted by Gasteiger charge is -2.18. The number of para-hydroxylation sites is 1. The number of hydrogen-bond donors (Lipinski definition) is 2. The summed E-state index contributed by atoms with van der Waals surface area (Å²) < 4.78 is 43.1. The van der Waals surface area contributed by atoms with Gasteiger partial charge in [-0.1, -0.05) is 17.7 Å². The molecule has 0 saturated heterocycles. The Kier molecular flexibility index (Phi) is 5.16. The van der Waals surface area contributed by atoms with Gasteiger partial charge in [-0.2, -0.15) is 13.2 Å². The van der Waals surface area contributed by atoms with E-state index in [9.17, 15) is 18.0 Å². The molecule has 106 valence electrons. The van der Waals surface area contributed by atoms with Gasteiger partial charge in [0.2, 0.25) is 0 Å². The van der Waals surface area contributed by atoms with E-state index in [2.05, 4.69) is 5.32 Å². The van der Waals surface area contributed by atoms with Gasteiger partial charge in [0.1, 0.15) is 6.10 Å². The maximum atomic E-state index is 12.8. The summed E-state index contributed by atoms with van der Waals surface area (Å²) in [4.78, 5) is 11.7. The molecule has 0 spiro atoms. The molecule has 0 bridgehead atoms. The van der Waals surface area contributed by atoms with Crippen LogP contribution in [0.15, 0.2) is 18.2 Å². The lowest BCUT2D eigenvalue weighted by molar-refractivity contribution is -0.137. The van der Waals surface area contributed by atoms with E-state index in [1.165, 1.54) is 13.2 Å². The minimum absolute atomic E-state index is 0.159. The second-order valence-electron chi connectivity index (χ2n) is 3.61. The van der Waals surface area contributed by atoms with E-state index in [-0.39, 0.29) is 11.6 Å². The fourth-order valence-corrected chi connectivity index (χ4v) is 1.62. The van der Waals surface area contributed by atoms with Crippen molar-refractivity contribution >= 4 is 23.2 Å². The van der Waals surface area contributed by atoms with Crippen LogP contribution in [0.2, 0.25) is 5.02 Å². The highest BCUT2D eigenvalue weighted by atomic mass is 35.5. The van der Waals surface area contributed by atoms with Crippen molar-refractivity contribution in [2.45, 2.75) is 12.3 Å². The average molecular weight is 297 g/mol. The summed E-state index contributed by atoms with van der Waals surface area (Å²) in [5.41, 5.74) is 3.73. The summed E-state index contributed by atoms with van der Waals surface area (Å²) in [5, 5.41) is 1.88. The molecule has 3 N–H and O–H groups in total. The molecular formula is C11H12ClF3N2O2. The first kappa shape index (κ1) is 15.7. The van der Waals surface area contributed by atoms with Crippen molar-refractivity contribution < 1.29 is 22.7 Å². The van der Waals surface area contributed by atoms with E-state index in [1.807, 2.05) is 0 Å². The molecule has 19 heavy (non-hydrogen) atoms. The quantitative estimate of drug-likeness (QED) is 0.896. The van der Waals surface area contributed by atoms with Crippen LogP contribution in [-0.4, -0.2) is 25.7 Å². The molecule has 0 fully saturated rings. The zero-order chi connectivity index (χ0) is 14.6.